The molecule has 1 aliphatic rings. The first-order chi connectivity index (χ1) is 12.1. The van der Waals surface area contributed by atoms with Crippen LogP contribution in [0, 0.1) is 0 Å². The van der Waals surface area contributed by atoms with Gasteiger partial charge in [0.05, 0.1) is 12.6 Å². The Morgan fingerprint density at radius 1 is 1.08 bits per heavy atom. The number of rotatable bonds is 5. The van der Waals surface area contributed by atoms with Gasteiger partial charge in [0.25, 0.3) is 5.91 Å². The molecule has 0 saturated carbocycles. The molecule has 1 fully saturated rings. The van der Waals surface area contributed by atoms with Crippen LogP contribution < -0.4 is 10.5 Å². The standard InChI is InChI=1S/C20H22N2O3/c1-2-25-17-11-9-14(10-12-17)18-4-3-13-22(18)20(24)16-7-5-15(6-8-16)19(21)23/h5-12,18H,2-4,13H2,1H3,(H2,21,23). The second kappa shape index (κ2) is 7.38. The monoisotopic (exact) mass is 338 g/mol. The molecule has 130 valence electrons. The number of ether oxygens (including phenoxy) is 1. The number of primary amides is 1. The van der Waals surface area contributed by atoms with Gasteiger partial charge in [0, 0.05) is 17.7 Å². The summed E-state index contributed by atoms with van der Waals surface area (Å²) in [5.41, 5.74) is 7.34. The Morgan fingerprint density at radius 3 is 2.32 bits per heavy atom. The fourth-order valence-electron chi connectivity index (χ4n) is 3.25. The van der Waals surface area contributed by atoms with E-state index in [1.807, 2.05) is 36.1 Å². The van der Waals surface area contributed by atoms with Crippen molar-refractivity contribution >= 4 is 11.8 Å². The van der Waals surface area contributed by atoms with E-state index in [0.717, 1.165) is 30.7 Å². The summed E-state index contributed by atoms with van der Waals surface area (Å²) in [6.07, 6.45) is 1.92. The maximum Gasteiger partial charge on any atom is 0.254 e. The molecule has 0 bridgehead atoms. The molecule has 1 heterocycles. The highest BCUT2D eigenvalue weighted by atomic mass is 16.5. The average molecular weight is 338 g/mol. The lowest BCUT2D eigenvalue weighted by Crippen LogP contribution is -2.30. The maximum absolute atomic E-state index is 12.9. The smallest absolute Gasteiger partial charge is 0.254 e. The summed E-state index contributed by atoms with van der Waals surface area (Å²) in [4.78, 5) is 25.9. The van der Waals surface area contributed by atoms with Crippen LogP contribution in [0.2, 0.25) is 0 Å². The summed E-state index contributed by atoms with van der Waals surface area (Å²) in [5, 5.41) is 0. The van der Waals surface area contributed by atoms with Crippen LogP contribution in [-0.4, -0.2) is 29.9 Å². The Hall–Kier alpha value is -2.82. The molecule has 0 aromatic heterocycles. The van der Waals surface area contributed by atoms with Crippen LogP contribution in [0.1, 0.15) is 52.1 Å². The van der Waals surface area contributed by atoms with Crippen LogP contribution in [-0.2, 0) is 0 Å². The first kappa shape index (κ1) is 17.0. The van der Waals surface area contributed by atoms with Crippen molar-refractivity contribution in [2.45, 2.75) is 25.8 Å². The van der Waals surface area contributed by atoms with Crippen molar-refractivity contribution in [2.75, 3.05) is 13.2 Å². The zero-order chi connectivity index (χ0) is 17.8. The minimum Gasteiger partial charge on any atom is -0.494 e. The van der Waals surface area contributed by atoms with Crippen LogP contribution in [0.4, 0.5) is 0 Å². The zero-order valence-corrected chi connectivity index (χ0v) is 14.3. The lowest BCUT2D eigenvalue weighted by molar-refractivity contribution is 0.0735. The normalized spacial score (nSPS) is 16.7. The van der Waals surface area contributed by atoms with E-state index in [-0.39, 0.29) is 11.9 Å². The van der Waals surface area contributed by atoms with Gasteiger partial charge >= 0.3 is 0 Å². The summed E-state index contributed by atoms with van der Waals surface area (Å²) in [6.45, 7) is 3.32. The Kier molecular flexibility index (Phi) is 5.03. The minimum atomic E-state index is -0.493. The van der Waals surface area contributed by atoms with E-state index in [9.17, 15) is 9.59 Å². The number of benzene rings is 2. The molecular formula is C20H22N2O3. The molecular weight excluding hydrogens is 316 g/mol. The van der Waals surface area contributed by atoms with Gasteiger partial charge in [-0.1, -0.05) is 12.1 Å². The third-order valence-electron chi connectivity index (χ3n) is 4.51. The number of hydrogen-bond acceptors (Lipinski definition) is 3. The van der Waals surface area contributed by atoms with Crippen molar-refractivity contribution in [2.24, 2.45) is 5.73 Å². The quantitative estimate of drug-likeness (QED) is 0.910. The lowest BCUT2D eigenvalue weighted by atomic mass is 10.0. The van der Waals surface area contributed by atoms with Crippen LogP contribution in [0.5, 0.6) is 5.75 Å². The highest BCUT2D eigenvalue weighted by molar-refractivity contribution is 5.97. The van der Waals surface area contributed by atoms with Crippen molar-refractivity contribution < 1.29 is 14.3 Å². The summed E-state index contributed by atoms with van der Waals surface area (Å²) in [6, 6.07) is 14.5. The second-order valence-electron chi connectivity index (χ2n) is 6.10. The molecule has 3 rings (SSSR count). The van der Waals surface area contributed by atoms with Gasteiger partial charge < -0.3 is 15.4 Å². The molecule has 2 aromatic rings. The summed E-state index contributed by atoms with van der Waals surface area (Å²) < 4.78 is 5.48. The van der Waals surface area contributed by atoms with E-state index in [1.165, 1.54) is 0 Å². The summed E-state index contributed by atoms with van der Waals surface area (Å²) in [7, 11) is 0. The summed E-state index contributed by atoms with van der Waals surface area (Å²) >= 11 is 0. The van der Waals surface area contributed by atoms with Gasteiger partial charge in [-0.2, -0.15) is 0 Å². The minimum absolute atomic E-state index is 0.0209. The van der Waals surface area contributed by atoms with Gasteiger partial charge in [0.2, 0.25) is 5.91 Å². The Bertz CT molecular complexity index is 754. The van der Waals surface area contributed by atoms with Crippen molar-refractivity contribution in [3.63, 3.8) is 0 Å². The number of carbonyl (C=O) groups is 2. The largest absolute Gasteiger partial charge is 0.494 e. The number of amides is 2. The molecule has 25 heavy (non-hydrogen) atoms. The predicted molar refractivity (Wildman–Crippen MR) is 95.6 cm³/mol. The first-order valence-corrected chi connectivity index (χ1v) is 8.53. The molecule has 5 nitrogen and oxygen atoms in total. The molecule has 0 aliphatic carbocycles. The van der Waals surface area contributed by atoms with Crippen LogP contribution in [0.3, 0.4) is 0 Å². The predicted octanol–water partition coefficient (Wildman–Crippen LogP) is 3.16. The lowest BCUT2D eigenvalue weighted by Gasteiger charge is -2.25. The Labute approximate surface area is 147 Å². The Morgan fingerprint density at radius 2 is 1.72 bits per heavy atom. The van der Waals surface area contributed by atoms with Crippen molar-refractivity contribution in [1.29, 1.82) is 0 Å². The molecule has 0 radical (unpaired) electrons. The molecule has 2 N–H and O–H groups in total. The molecule has 1 unspecified atom stereocenters. The molecule has 1 atom stereocenters. The second-order valence-corrected chi connectivity index (χ2v) is 6.10. The molecule has 2 amide bonds. The highest BCUT2D eigenvalue weighted by Gasteiger charge is 2.30. The molecule has 5 heteroatoms. The topological polar surface area (TPSA) is 72.6 Å². The highest BCUT2D eigenvalue weighted by Crippen LogP contribution is 2.33. The van der Waals surface area contributed by atoms with E-state index >= 15 is 0 Å². The van der Waals surface area contributed by atoms with Gasteiger partial charge in [-0.05, 0) is 61.7 Å². The molecule has 0 spiro atoms. The molecule has 2 aromatic carbocycles. The maximum atomic E-state index is 12.9. The van der Waals surface area contributed by atoms with E-state index in [1.54, 1.807) is 24.3 Å². The van der Waals surface area contributed by atoms with E-state index in [4.69, 9.17) is 10.5 Å². The third-order valence-corrected chi connectivity index (χ3v) is 4.51. The molecule has 1 aliphatic heterocycles. The fourth-order valence-corrected chi connectivity index (χ4v) is 3.25. The number of likely N-dealkylation sites (tertiary alicyclic amines) is 1. The first-order valence-electron chi connectivity index (χ1n) is 8.53. The SMILES string of the molecule is CCOc1ccc(C2CCCN2C(=O)c2ccc(C(N)=O)cc2)cc1. The number of hydrogen-bond donors (Lipinski definition) is 1. The van der Waals surface area contributed by atoms with E-state index in [0.29, 0.717) is 17.7 Å². The number of nitrogens with two attached hydrogens (primary N) is 1. The van der Waals surface area contributed by atoms with Crippen LogP contribution in [0.15, 0.2) is 48.5 Å². The van der Waals surface area contributed by atoms with E-state index < -0.39 is 5.91 Å². The van der Waals surface area contributed by atoms with Gasteiger partial charge in [-0.15, -0.1) is 0 Å². The van der Waals surface area contributed by atoms with Gasteiger partial charge in [0.15, 0.2) is 0 Å². The number of nitrogens with zero attached hydrogens (tertiary/aromatic N) is 1. The van der Waals surface area contributed by atoms with Crippen molar-refractivity contribution in [3.05, 3.63) is 65.2 Å². The van der Waals surface area contributed by atoms with Crippen molar-refractivity contribution in [3.8, 4) is 5.75 Å². The number of carbonyl (C=O) groups excluding carboxylic acids is 2. The molecule has 1 saturated heterocycles. The summed E-state index contributed by atoms with van der Waals surface area (Å²) in [5.74, 6) is 0.323. The van der Waals surface area contributed by atoms with Gasteiger partial charge in [-0.3, -0.25) is 9.59 Å². The van der Waals surface area contributed by atoms with Crippen molar-refractivity contribution in [1.82, 2.24) is 4.90 Å². The van der Waals surface area contributed by atoms with Gasteiger partial charge in [-0.25, -0.2) is 0 Å². The average Bonchev–Trinajstić information content (AvgIpc) is 3.12. The van der Waals surface area contributed by atoms with E-state index in [2.05, 4.69) is 0 Å². The third kappa shape index (κ3) is 3.65. The van der Waals surface area contributed by atoms with Crippen LogP contribution in [0.25, 0.3) is 0 Å². The van der Waals surface area contributed by atoms with Crippen LogP contribution >= 0.6 is 0 Å². The van der Waals surface area contributed by atoms with Gasteiger partial charge in [0.1, 0.15) is 5.75 Å². The Balaban J connectivity index is 1.78. The fraction of sp³-hybridized carbons (Fsp3) is 0.300. The zero-order valence-electron chi connectivity index (χ0n) is 14.3.